The number of benzene rings is 2. The minimum Gasteiger partial charge on any atom is -0.361 e. The lowest BCUT2D eigenvalue weighted by Crippen LogP contribution is -2.00. The number of aromatic amines is 1. The fourth-order valence-electron chi connectivity index (χ4n) is 1.99. The fourth-order valence-corrected chi connectivity index (χ4v) is 2.26. The van der Waals surface area contributed by atoms with Crippen molar-refractivity contribution in [2.75, 3.05) is 0 Å². The predicted octanol–water partition coefficient (Wildman–Crippen LogP) is 3.33. The Bertz CT molecular complexity index is 746. The van der Waals surface area contributed by atoms with E-state index in [9.17, 15) is 4.79 Å². The van der Waals surface area contributed by atoms with Crippen molar-refractivity contribution < 1.29 is 0 Å². The van der Waals surface area contributed by atoms with E-state index in [0.717, 1.165) is 16.3 Å². The van der Waals surface area contributed by atoms with Gasteiger partial charge in [-0.05, 0) is 18.2 Å². The molecule has 3 rings (SSSR count). The highest BCUT2D eigenvalue weighted by atomic mass is 35.5. The third-order valence-corrected chi connectivity index (χ3v) is 3.02. The van der Waals surface area contributed by atoms with Crippen molar-refractivity contribution in [1.29, 1.82) is 0 Å². The van der Waals surface area contributed by atoms with Crippen LogP contribution in [-0.4, -0.2) is 4.98 Å². The van der Waals surface area contributed by atoms with Crippen molar-refractivity contribution in [3.05, 3.63) is 57.8 Å². The highest BCUT2D eigenvalue weighted by Gasteiger charge is 2.07. The minimum atomic E-state index is -0.00699. The molecule has 16 heavy (non-hydrogen) atoms. The van der Waals surface area contributed by atoms with E-state index >= 15 is 0 Å². The molecule has 0 unspecified atom stereocenters. The number of hydrogen-bond acceptors (Lipinski definition) is 1. The Morgan fingerprint density at radius 3 is 2.88 bits per heavy atom. The van der Waals surface area contributed by atoms with Crippen LogP contribution in [0.15, 0.2) is 47.4 Å². The highest BCUT2D eigenvalue weighted by Crippen LogP contribution is 2.27. The second-order valence-electron chi connectivity index (χ2n) is 3.67. The van der Waals surface area contributed by atoms with E-state index in [-0.39, 0.29) is 5.43 Å². The van der Waals surface area contributed by atoms with Crippen molar-refractivity contribution in [3.63, 3.8) is 0 Å². The number of nitrogens with one attached hydrogen (secondary N) is 1. The first-order valence-corrected chi connectivity index (χ1v) is 5.34. The summed E-state index contributed by atoms with van der Waals surface area (Å²) in [4.78, 5) is 15.0. The summed E-state index contributed by atoms with van der Waals surface area (Å²) in [6.45, 7) is 0. The first kappa shape index (κ1) is 9.43. The summed E-state index contributed by atoms with van der Waals surface area (Å²) >= 11 is 6.16. The zero-order valence-corrected chi connectivity index (χ0v) is 9.08. The van der Waals surface area contributed by atoms with Crippen molar-refractivity contribution in [2.24, 2.45) is 0 Å². The van der Waals surface area contributed by atoms with Crippen LogP contribution in [0.5, 0.6) is 0 Å². The highest BCUT2D eigenvalue weighted by molar-refractivity contribution is 6.37. The Kier molecular flexibility index (Phi) is 1.98. The van der Waals surface area contributed by atoms with Crippen LogP contribution >= 0.6 is 11.6 Å². The Morgan fingerprint density at radius 2 is 2.00 bits per heavy atom. The van der Waals surface area contributed by atoms with Crippen molar-refractivity contribution in [1.82, 2.24) is 4.98 Å². The van der Waals surface area contributed by atoms with E-state index < -0.39 is 0 Å². The normalized spacial score (nSPS) is 11.1. The Labute approximate surface area is 96.5 Å². The van der Waals surface area contributed by atoms with Gasteiger partial charge in [0.2, 0.25) is 0 Å². The summed E-state index contributed by atoms with van der Waals surface area (Å²) in [5, 5.41) is 3.01. The largest absolute Gasteiger partial charge is 0.361 e. The minimum absolute atomic E-state index is 0.00699. The molecule has 0 aliphatic carbocycles. The maximum atomic E-state index is 11.9. The van der Waals surface area contributed by atoms with Crippen LogP contribution < -0.4 is 5.43 Å². The molecule has 0 fully saturated rings. The van der Waals surface area contributed by atoms with Crippen molar-refractivity contribution in [2.45, 2.75) is 0 Å². The average molecular weight is 230 g/mol. The molecule has 2 nitrogen and oxygen atoms in total. The van der Waals surface area contributed by atoms with Gasteiger partial charge in [0, 0.05) is 22.0 Å². The van der Waals surface area contributed by atoms with E-state index in [1.54, 1.807) is 12.1 Å². The van der Waals surface area contributed by atoms with Gasteiger partial charge in [0.1, 0.15) is 0 Å². The molecule has 78 valence electrons. The summed E-state index contributed by atoms with van der Waals surface area (Å²) in [7, 11) is 0. The SMILES string of the molecule is O=c1cccc2c(Cl)cc3ccc[nH]c3c12. The van der Waals surface area contributed by atoms with Gasteiger partial charge in [0.15, 0.2) is 5.43 Å². The number of fused-ring (bicyclic) bond motifs is 3. The molecule has 0 saturated carbocycles. The molecule has 0 radical (unpaired) electrons. The molecule has 3 heteroatoms. The summed E-state index contributed by atoms with van der Waals surface area (Å²) in [6.07, 6.45) is 1.81. The van der Waals surface area contributed by atoms with E-state index in [0.29, 0.717) is 10.4 Å². The molecule has 1 aromatic heterocycles. The third-order valence-electron chi connectivity index (χ3n) is 2.70. The van der Waals surface area contributed by atoms with Gasteiger partial charge >= 0.3 is 0 Å². The molecule has 2 aromatic carbocycles. The van der Waals surface area contributed by atoms with Crippen molar-refractivity contribution in [3.8, 4) is 0 Å². The number of halogens is 1. The van der Waals surface area contributed by atoms with Gasteiger partial charge < -0.3 is 4.98 Å². The third kappa shape index (κ3) is 1.24. The van der Waals surface area contributed by atoms with Gasteiger partial charge in [-0.15, -0.1) is 0 Å². The van der Waals surface area contributed by atoms with E-state index in [2.05, 4.69) is 4.98 Å². The van der Waals surface area contributed by atoms with Crippen LogP contribution in [0.1, 0.15) is 0 Å². The topological polar surface area (TPSA) is 32.9 Å². The maximum Gasteiger partial charge on any atom is 0.188 e. The summed E-state index contributed by atoms with van der Waals surface area (Å²) in [5.41, 5.74) is 0.833. The lowest BCUT2D eigenvalue weighted by atomic mass is 10.1. The van der Waals surface area contributed by atoms with Gasteiger partial charge in [-0.1, -0.05) is 29.8 Å². The Balaban J connectivity index is 2.73. The lowest BCUT2D eigenvalue weighted by Gasteiger charge is -2.04. The molecule has 0 spiro atoms. The second kappa shape index (κ2) is 3.35. The summed E-state index contributed by atoms with van der Waals surface area (Å²) < 4.78 is 0. The summed E-state index contributed by atoms with van der Waals surface area (Å²) in [6, 6.07) is 10.8. The lowest BCUT2D eigenvalue weighted by molar-refractivity contribution is 1.42. The molecule has 0 amide bonds. The van der Waals surface area contributed by atoms with Crippen LogP contribution in [0.3, 0.4) is 0 Å². The first-order valence-electron chi connectivity index (χ1n) is 4.96. The number of hydrogen-bond donors (Lipinski definition) is 1. The summed E-state index contributed by atoms with van der Waals surface area (Å²) in [5.74, 6) is 0. The molecule has 0 aliphatic rings. The molecule has 0 saturated heterocycles. The molecular weight excluding hydrogens is 222 g/mol. The van der Waals surface area contributed by atoms with Crippen LogP contribution in [-0.2, 0) is 0 Å². The maximum absolute atomic E-state index is 11.9. The molecule has 1 heterocycles. The van der Waals surface area contributed by atoms with Gasteiger partial charge in [-0.3, -0.25) is 4.79 Å². The number of H-pyrrole nitrogens is 1. The van der Waals surface area contributed by atoms with Gasteiger partial charge in [0.05, 0.1) is 10.9 Å². The molecule has 0 aliphatic heterocycles. The van der Waals surface area contributed by atoms with E-state index in [1.165, 1.54) is 0 Å². The van der Waals surface area contributed by atoms with Crippen LogP contribution in [0, 0.1) is 0 Å². The Morgan fingerprint density at radius 1 is 1.12 bits per heavy atom. The quantitative estimate of drug-likeness (QED) is 0.590. The van der Waals surface area contributed by atoms with Crippen molar-refractivity contribution >= 4 is 33.3 Å². The van der Waals surface area contributed by atoms with Crippen LogP contribution in [0.2, 0.25) is 5.02 Å². The van der Waals surface area contributed by atoms with E-state index in [4.69, 9.17) is 11.6 Å². The van der Waals surface area contributed by atoms with Gasteiger partial charge in [-0.25, -0.2) is 0 Å². The number of rotatable bonds is 0. The van der Waals surface area contributed by atoms with Crippen LogP contribution in [0.4, 0.5) is 0 Å². The monoisotopic (exact) mass is 229 g/mol. The van der Waals surface area contributed by atoms with E-state index in [1.807, 2.05) is 30.5 Å². The predicted molar refractivity (Wildman–Crippen MR) is 67.1 cm³/mol. The van der Waals surface area contributed by atoms with Gasteiger partial charge in [-0.2, -0.15) is 0 Å². The molecular formula is C13H8ClNO. The zero-order chi connectivity index (χ0) is 11.1. The molecule has 1 N–H and O–H groups in total. The molecule has 0 atom stereocenters. The van der Waals surface area contributed by atoms with Gasteiger partial charge in [0.25, 0.3) is 0 Å². The standard InChI is InChI=1S/C13H8ClNO/c14-10-7-8-3-2-6-15-13(8)12-9(10)4-1-5-11(12)16/h1-7,15H. The average Bonchev–Trinajstić information content (AvgIpc) is 2.30. The number of aromatic nitrogens is 1. The first-order chi connectivity index (χ1) is 7.77. The fraction of sp³-hybridized carbons (Fsp3) is 0. The Hall–Kier alpha value is -1.80. The number of pyridine rings is 1. The second-order valence-corrected chi connectivity index (χ2v) is 4.08. The molecule has 3 aromatic rings. The molecule has 0 bridgehead atoms. The zero-order valence-electron chi connectivity index (χ0n) is 8.33. The smallest absolute Gasteiger partial charge is 0.188 e. The van der Waals surface area contributed by atoms with Crippen LogP contribution in [0.25, 0.3) is 21.7 Å².